The molecule has 0 amide bonds. The van der Waals surface area contributed by atoms with Crippen molar-refractivity contribution >= 4 is 15.9 Å². The number of halogens is 1. The van der Waals surface area contributed by atoms with Gasteiger partial charge in [0.2, 0.25) is 0 Å². The fourth-order valence-corrected chi connectivity index (χ4v) is 1.68. The van der Waals surface area contributed by atoms with E-state index in [4.69, 9.17) is 0 Å². The largest absolute Gasteiger partial charge is 0.238 e. The zero-order valence-corrected chi connectivity index (χ0v) is 9.53. The molecule has 0 unspecified atom stereocenters. The van der Waals surface area contributed by atoms with Gasteiger partial charge in [-0.3, -0.25) is 0 Å². The first-order valence-corrected chi connectivity index (χ1v) is 5.39. The predicted octanol–water partition coefficient (Wildman–Crippen LogP) is 3.20. The minimum Gasteiger partial charge on any atom is -0.238 e. The van der Waals surface area contributed by atoms with Gasteiger partial charge in [-0.2, -0.15) is 5.10 Å². The number of hydrogen-bond donors (Lipinski definition) is 0. The molecule has 2 aromatic rings. The Morgan fingerprint density at radius 3 is 2.57 bits per heavy atom. The molecule has 14 heavy (non-hydrogen) atoms. The lowest BCUT2D eigenvalue weighted by atomic mass is 10.3. The molecule has 0 aliphatic carbocycles. The van der Waals surface area contributed by atoms with Crippen LogP contribution in [-0.2, 0) is 6.42 Å². The third-order valence-corrected chi connectivity index (χ3v) is 2.68. The lowest BCUT2D eigenvalue weighted by molar-refractivity contribution is 0.814. The van der Waals surface area contributed by atoms with Gasteiger partial charge in [-0.25, -0.2) is 4.68 Å². The molecule has 0 atom stereocenters. The summed E-state index contributed by atoms with van der Waals surface area (Å²) in [6.45, 7) is 2.13. The Kier molecular flexibility index (Phi) is 2.68. The molecule has 0 fully saturated rings. The van der Waals surface area contributed by atoms with Crippen LogP contribution in [-0.4, -0.2) is 9.78 Å². The molecule has 72 valence electrons. The summed E-state index contributed by atoms with van der Waals surface area (Å²) in [6, 6.07) is 10.2. The van der Waals surface area contributed by atoms with Gasteiger partial charge in [-0.15, -0.1) is 0 Å². The highest BCUT2D eigenvalue weighted by Gasteiger charge is 2.01. The maximum atomic E-state index is 4.29. The van der Waals surface area contributed by atoms with Crippen LogP contribution in [0, 0.1) is 0 Å². The first kappa shape index (κ1) is 9.46. The summed E-state index contributed by atoms with van der Waals surface area (Å²) in [7, 11) is 0. The molecule has 1 aromatic heterocycles. The number of benzene rings is 1. The van der Waals surface area contributed by atoms with E-state index >= 15 is 0 Å². The highest BCUT2D eigenvalue weighted by Crippen LogP contribution is 2.15. The minimum atomic E-state index is 0.996. The van der Waals surface area contributed by atoms with Gasteiger partial charge in [-0.05, 0) is 36.8 Å². The van der Waals surface area contributed by atoms with Crippen molar-refractivity contribution in [2.24, 2.45) is 0 Å². The Morgan fingerprint density at radius 1 is 1.21 bits per heavy atom. The van der Waals surface area contributed by atoms with Crippen LogP contribution in [0.4, 0.5) is 0 Å². The lowest BCUT2D eigenvalue weighted by Gasteiger charge is -2.05. The first-order valence-electron chi connectivity index (χ1n) is 4.60. The SMILES string of the molecule is CCc1ccnn1-c1ccc(Br)cc1. The van der Waals surface area contributed by atoms with Crippen LogP contribution >= 0.6 is 15.9 Å². The van der Waals surface area contributed by atoms with Gasteiger partial charge in [0, 0.05) is 16.4 Å². The van der Waals surface area contributed by atoms with E-state index in [9.17, 15) is 0 Å². The van der Waals surface area contributed by atoms with Crippen molar-refractivity contribution in [3.8, 4) is 5.69 Å². The fraction of sp³-hybridized carbons (Fsp3) is 0.182. The molecule has 0 spiro atoms. The molecule has 0 aliphatic heterocycles. The standard InChI is InChI=1S/C11H11BrN2/c1-2-10-7-8-13-14(10)11-5-3-9(12)4-6-11/h3-8H,2H2,1H3. The van der Waals surface area contributed by atoms with Crippen LogP contribution in [0.2, 0.25) is 0 Å². The molecule has 0 aliphatic rings. The van der Waals surface area contributed by atoms with Crippen LogP contribution in [0.5, 0.6) is 0 Å². The van der Waals surface area contributed by atoms with Crippen LogP contribution < -0.4 is 0 Å². The van der Waals surface area contributed by atoms with Crippen molar-refractivity contribution in [1.29, 1.82) is 0 Å². The maximum Gasteiger partial charge on any atom is 0.0649 e. The Hall–Kier alpha value is -1.09. The number of hydrogen-bond acceptors (Lipinski definition) is 1. The summed E-state index contributed by atoms with van der Waals surface area (Å²) in [5, 5.41) is 4.29. The molecule has 1 aromatic carbocycles. The van der Waals surface area contributed by atoms with Gasteiger partial charge in [0.15, 0.2) is 0 Å². The Labute approximate surface area is 91.7 Å². The topological polar surface area (TPSA) is 17.8 Å². The zero-order chi connectivity index (χ0) is 9.97. The van der Waals surface area contributed by atoms with Gasteiger partial charge < -0.3 is 0 Å². The van der Waals surface area contributed by atoms with E-state index < -0.39 is 0 Å². The van der Waals surface area contributed by atoms with E-state index in [1.165, 1.54) is 5.69 Å². The molecule has 1 heterocycles. The Bertz CT molecular complexity index is 417. The van der Waals surface area contributed by atoms with Crippen LogP contribution in [0.15, 0.2) is 41.0 Å². The van der Waals surface area contributed by atoms with Gasteiger partial charge in [0.25, 0.3) is 0 Å². The maximum absolute atomic E-state index is 4.29. The third kappa shape index (κ3) is 1.73. The summed E-state index contributed by atoms with van der Waals surface area (Å²) in [4.78, 5) is 0. The summed E-state index contributed by atoms with van der Waals surface area (Å²) >= 11 is 3.41. The van der Waals surface area contributed by atoms with Crippen molar-refractivity contribution in [3.63, 3.8) is 0 Å². The molecule has 2 rings (SSSR count). The predicted molar refractivity (Wildman–Crippen MR) is 60.6 cm³/mol. The minimum absolute atomic E-state index is 0.996. The van der Waals surface area contributed by atoms with Gasteiger partial charge in [0.1, 0.15) is 0 Å². The van der Waals surface area contributed by atoms with E-state index in [1.807, 2.05) is 29.1 Å². The highest BCUT2D eigenvalue weighted by atomic mass is 79.9. The van der Waals surface area contributed by atoms with Crippen molar-refractivity contribution < 1.29 is 0 Å². The first-order chi connectivity index (χ1) is 6.81. The van der Waals surface area contributed by atoms with Crippen molar-refractivity contribution in [1.82, 2.24) is 9.78 Å². The fourth-order valence-electron chi connectivity index (χ4n) is 1.41. The average molecular weight is 251 g/mol. The van der Waals surface area contributed by atoms with Crippen molar-refractivity contribution in [2.75, 3.05) is 0 Å². The lowest BCUT2D eigenvalue weighted by Crippen LogP contribution is -2.00. The molecular weight excluding hydrogens is 240 g/mol. The monoisotopic (exact) mass is 250 g/mol. The van der Waals surface area contributed by atoms with E-state index in [1.54, 1.807) is 0 Å². The van der Waals surface area contributed by atoms with E-state index in [-0.39, 0.29) is 0 Å². The van der Waals surface area contributed by atoms with Crippen LogP contribution in [0.25, 0.3) is 5.69 Å². The summed E-state index contributed by atoms with van der Waals surface area (Å²) in [5.74, 6) is 0. The van der Waals surface area contributed by atoms with Crippen LogP contribution in [0.3, 0.4) is 0 Å². The average Bonchev–Trinajstić information content (AvgIpc) is 2.67. The van der Waals surface area contributed by atoms with Gasteiger partial charge in [0.05, 0.1) is 5.69 Å². The second-order valence-corrected chi connectivity index (χ2v) is 3.98. The molecule has 2 nitrogen and oxygen atoms in total. The molecule has 0 saturated heterocycles. The van der Waals surface area contributed by atoms with E-state index in [0.717, 1.165) is 16.6 Å². The molecule has 0 N–H and O–H groups in total. The number of nitrogens with zero attached hydrogens (tertiary/aromatic N) is 2. The van der Waals surface area contributed by atoms with E-state index in [2.05, 4.69) is 40.1 Å². The zero-order valence-electron chi connectivity index (χ0n) is 7.94. The summed E-state index contributed by atoms with van der Waals surface area (Å²) in [6.07, 6.45) is 2.83. The van der Waals surface area contributed by atoms with Crippen LogP contribution in [0.1, 0.15) is 12.6 Å². The second-order valence-electron chi connectivity index (χ2n) is 3.06. The Balaban J connectivity index is 2.44. The van der Waals surface area contributed by atoms with Crippen molar-refractivity contribution in [3.05, 3.63) is 46.7 Å². The van der Waals surface area contributed by atoms with Crippen molar-refractivity contribution in [2.45, 2.75) is 13.3 Å². The molecule has 0 radical (unpaired) electrons. The molecule has 0 saturated carbocycles. The third-order valence-electron chi connectivity index (χ3n) is 2.15. The smallest absolute Gasteiger partial charge is 0.0649 e. The molecule has 0 bridgehead atoms. The molecule has 3 heteroatoms. The summed E-state index contributed by atoms with van der Waals surface area (Å²) < 4.78 is 3.05. The number of aryl methyl sites for hydroxylation is 1. The molecular formula is C11H11BrN2. The quantitative estimate of drug-likeness (QED) is 0.801. The second kappa shape index (κ2) is 3.96. The normalized spacial score (nSPS) is 10.4. The number of aromatic nitrogens is 2. The van der Waals surface area contributed by atoms with Gasteiger partial charge >= 0.3 is 0 Å². The highest BCUT2D eigenvalue weighted by molar-refractivity contribution is 9.10. The van der Waals surface area contributed by atoms with E-state index in [0.29, 0.717) is 0 Å². The number of rotatable bonds is 2. The van der Waals surface area contributed by atoms with Gasteiger partial charge in [-0.1, -0.05) is 22.9 Å². The summed E-state index contributed by atoms with van der Waals surface area (Å²) in [5.41, 5.74) is 2.34. The Morgan fingerprint density at radius 2 is 1.93 bits per heavy atom.